The van der Waals surface area contributed by atoms with Gasteiger partial charge in [0.2, 0.25) is 5.91 Å². The standard InChI is InChI=1S/C15H29N3O.2ClH/c1-2-14-7-3-4-10-18(14)11-9-17-15(19)13-6-5-8-16-12-13;;/h13-14,16H,2-12H2,1H3,(H,17,19);2*1H. The molecule has 0 bridgehead atoms. The molecule has 0 radical (unpaired) electrons. The molecule has 0 aromatic rings. The fourth-order valence-electron chi connectivity index (χ4n) is 3.36. The van der Waals surface area contributed by atoms with Crippen molar-refractivity contribution >= 4 is 30.7 Å². The van der Waals surface area contributed by atoms with Gasteiger partial charge in [-0.15, -0.1) is 24.8 Å². The van der Waals surface area contributed by atoms with Crippen molar-refractivity contribution in [2.75, 3.05) is 32.7 Å². The van der Waals surface area contributed by atoms with E-state index in [2.05, 4.69) is 22.5 Å². The van der Waals surface area contributed by atoms with Gasteiger partial charge in [0.05, 0.1) is 5.92 Å². The summed E-state index contributed by atoms with van der Waals surface area (Å²) in [4.78, 5) is 14.6. The van der Waals surface area contributed by atoms with E-state index in [0.29, 0.717) is 0 Å². The molecule has 126 valence electrons. The van der Waals surface area contributed by atoms with Crippen LogP contribution < -0.4 is 10.6 Å². The van der Waals surface area contributed by atoms with E-state index in [1.165, 1.54) is 32.2 Å². The van der Waals surface area contributed by atoms with Crippen molar-refractivity contribution in [2.45, 2.75) is 51.5 Å². The van der Waals surface area contributed by atoms with E-state index in [9.17, 15) is 4.79 Å². The molecule has 2 aliphatic rings. The number of piperidine rings is 2. The van der Waals surface area contributed by atoms with Crippen molar-refractivity contribution in [2.24, 2.45) is 5.92 Å². The summed E-state index contributed by atoms with van der Waals surface area (Å²) in [5.41, 5.74) is 0. The Kier molecular flexibility index (Phi) is 11.5. The van der Waals surface area contributed by atoms with Gasteiger partial charge in [-0.2, -0.15) is 0 Å². The Morgan fingerprint density at radius 1 is 1.24 bits per heavy atom. The van der Waals surface area contributed by atoms with Crippen LogP contribution in [0.1, 0.15) is 45.4 Å². The van der Waals surface area contributed by atoms with E-state index < -0.39 is 0 Å². The third-order valence-electron chi connectivity index (χ3n) is 4.59. The molecule has 1 amide bonds. The first-order valence-corrected chi connectivity index (χ1v) is 8.03. The first-order chi connectivity index (χ1) is 9.31. The SMILES string of the molecule is CCC1CCCCN1CCNC(=O)C1CCCNC1.Cl.Cl. The monoisotopic (exact) mass is 339 g/mol. The molecule has 0 aromatic heterocycles. The summed E-state index contributed by atoms with van der Waals surface area (Å²) in [6.07, 6.45) is 7.42. The van der Waals surface area contributed by atoms with E-state index in [1.54, 1.807) is 0 Å². The van der Waals surface area contributed by atoms with Crippen molar-refractivity contribution in [1.29, 1.82) is 0 Å². The predicted molar refractivity (Wildman–Crippen MR) is 92.6 cm³/mol. The predicted octanol–water partition coefficient (Wildman–Crippen LogP) is 2.21. The second kappa shape index (κ2) is 11.5. The fourth-order valence-corrected chi connectivity index (χ4v) is 3.36. The van der Waals surface area contributed by atoms with Crippen LogP contribution in [0.3, 0.4) is 0 Å². The molecular weight excluding hydrogens is 309 g/mol. The minimum absolute atomic E-state index is 0. The highest BCUT2D eigenvalue weighted by Crippen LogP contribution is 2.18. The van der Waals surface area contributed by atoms with Crippen molar-refractivity contribution in [3.05, 3.63) is 0 Å². The highest BCUT2D eigenvalue weighted by Gasteiger charge is 2.22. The smallest absolute Gasteiger partial charge is 0.224 e. The average molecular weight is 340 g/mol. The molecule has 2 atom stereocenters. The second-order valence-corrected chi connectivity index (χ2v) is 5.93. The summed E-state index contributed by atoms with van der Waals surface area (Å²) in [5.74, 6) is 0.439. The normalized spacial score (nSPS) is 26.3. The van der Waals surface area contributed by atoms with Crippen LogP contribution in [0.2, 0.25) is 0 Å². The van der Waals surface area contributed by atoms with Gasteiger partial charge in [-0.1, -0.05) is 13.3 Å². The minimum atomic E-state index is 0. The molecule has 2 heterocycles. The van der Waals surface area contributed by atoms with Gasteiger partial charge in [0.1, 0.15) is 0 Å². The Morgan fingerprint density at radius 3 is 2.71 bits per heavy atom. The fraction of sp³-hybridized carbons (Fsp3) is 0.933. The van der Waals surface area contributed by atoms with Crippen molar-refractivity contribution in [1.82, 2.24) is 15.5 Å². The Bertz CT molecular complexity index is 286. The third-order valence-corrected chi connectivity index (χ3v) is 4.59. The van der Waals surface area contributed by atoms with E-state index >= 15 is 0 Å². The summed E-state index contributed by atoms with van der Waals surface area (Å²) in [6, 6.07) is 0.738. The Balaban J connectivity index is 0.00000200. The summed E-state index contributed by atoms with van der Waals surface area (Å²) in [6.45, 7) is 7.23. The number of carbonyl (C=O) groups excluding carboxylic acids is 1. The Hall–Kier alpha value is -0.0300. The number of hydrogen-bond acceptors (Lipinski definition) is 3. The summed E-state index contributed by atoms with van der Waals surface area (Å²) in [7, 11) is 0. The lowest BCUT2D eigenvalue weighted by atomic mass is 9.98. The van der Waals surface area contributed by atoms with Gasteiger partial charge >= 0.3 is 0 Å². The largest absolute Gasteiger partial charge is 0.355 e. The van der Waals surface area contributed by atoms with Gasteiger partial charge < -0.3 is 10.6 Å². The quantitative estimate of drug-likeness (QED) is 0.807. The molecule has 4 nitrogen and oxygen atoms in total. The van der Waals surface area contributed by atoms with Gasteiger partial charge in [0.25, 0.3) is 0 Å². The van der Waals surface area contributed by atoms with E-state index in [1.807, 2.05) is 0 Å². The number of nitrogens with zero attached hydrogens (tertiary/aromatic N) is 1. The average Bonchev–Trinajstić information content (AvgIpc) is 2.48. The van der Waals surface area contributed by atoms with Crippen LogP contribution in [-0.2, 0) is 4.79 Å². The van der Waals surface area contributed by atoms with Crippen LogP contribution in [-0.4, -0.2) is 49.6 Å². The zero-order valence-corrected chi connectivity index (χ0v) is 14.7. The molecule has 0 aliphatic carbocycles. The number of amides is 1. The molecule has 6 heteroatoms. The van der Waals surface area contributed by atoms with Gasteiger partial charge in [-0.05, 0) is 45.2 Å². The molecule has 0 saturated carbocycles. The first kappa shape index (κ1) is 21.0. The van der Waals surface area contributed by atoms with Crippen molar-refractivity contribution in [3.8, 4) is 0 Å². The zero-order chi connectivity index (χ0) is 13.5. The summed E-state index contributed by atoms with van der Waals surface area (Å²) in [5, 5.41) is 6.42. The lowest BCUT2D eigenvalue weighted by Crippen LogP contribution is -2.46. The van der Waals surface area contributed by atoms with Crippen LogP contribution in [0.4, 0.5) is 0 Å². The zero-order valence-electron chi connectivity index (χ0n) is 13.1. The molecule has 2 unspecified atom stereocenters. The maximum atomic E-state index is 12.0. The molecule has 2 aliphatic heterocycles. The summed E-state index contributed by atoms with van der Waals surface area (Å²) >= 11 is 0. The van der Waals surface area contributed by atoms with Gasteiger partial charge in [-0.25, -0.2) is 0 Å². The number of hydrogen-bond donors (Lipinski definition) is 2. The van der Waals surface area contributed by atoms with Gasteiger partial charge in [0, 0.05) is 25.7 Å². The molecule has 2 saturated heterocycles. The first-order valence-electron chi connectivity index (χ1n) is 8.03. The minimum Gasteiger partial charge on any atom is -0.355 e. The van der Waals surface area contributed by atoms with Crippen LogP contribution in [0, 0.1) is 5.92 Å². The number of likely N-dealkylation sites (tertiary alicyclic amines) is 1. The number of rotatable bonds is 5. The van der Waals surface area contributed by atoms with E-state index in [4.69, 9.17) is 0 Å². The Labute approximate surface area is 141 Å². The third kappa shape index (κ3) is 6.72. The van der Waals surface area contributed by atoms with Crippen LogP contribution >= 0.6 is 24.8 Å². The van der Waals surface area contributed by atoms with Gasteiger partial charge in [-0.3, -0.25) is 9.69 Å². The molecule has 0 spiro atoms. The van der Waals surface area contributed by atoms with Crippen LogP contribution in [0.5, 0.6) is 0 Å². The number of halogens is 2. The second-order valence-electron chi connectivity index (χ2n) is 5.93. The highest BCUT2D eigenvalue weighted by atomic mass is 35.5. The number of carbonyl (C=O) groups is 1. The molecule has 2 fully saturated rings. The maximum Gasteiger partial charge on any atom is 0.224 e. The van der Waals surface area contributed by atoms with E-state index in [-0.39, 0.29) is 36.6 Å². The molecule has 2 rings (SSSR count). The molecule has 0 aromatic carbocycles. The van der Waals surface area contributed by atoms with Crippen molar-refractivity contribution < 1.29 is 4.79 Å². The maximum absolute atomic E-state index is 12.0. The highest BCUT2D eigenvalue weighted by molar-refractivity contribution is 5.85. The van der Waals surface area contributed by atoms with Crippen molar-refractivity contribution in [3.63, 3.8) is 0 Å². The number of nitrogens with one attached hydrogen (secondary N) is 2. The summed E-state index contributed by atoms with van der Waals surface area (Å²) < 4.78 is 0. The molecule has 21 heavy (non-hydrogen) atoms. The van der Waals surface area contributed by atoms with Crippen LogP contribution in [0.15, 0.2) is 0 Å². The van der Waals surface area contributed by atoms with Gasteiger partial charge in [0.15, 0.2) is 0 Å². The Morgan fingerprint density at radius 2 is 2.05 bits per heavy atom. The molecular formula is C15H31Cl2N3O. The topological polar surface area (TPSA) is 44.4 Å². The lowest BCUT2D eigenvalue weighted by Gasteiger charge is -2.35. The molecule has 2 N–H and O–H groups in total. The van der Waals surface area contributed by atoms with E-state index in [0.717, 1.165) is 45.1 Å². The van der Waals surface area contributed by atoms with Crippen LogP contribution in [0.25, 0.3) is 0 Å². The lowest BCUT2D eigenvalue weighted by molar-refractivity contribution is -0.125.